The van der Waals surface area contributed by atoms with Crippen LogP contribution in [0.3, 0.4) is 0 Å². The van der Waals surface area contributed by atoms with Crippen LogP contribution in [0, 0.1) is 0 Å². The third-order valence-electron chi connectivity index (χ3n) is 1.97. The average Bonchev–Trinajstić information content (AvgIpc) is 2.14. The molecule has 0 saturated carbocycles. The molecule has 0 spiro atoms. The molecule has 1 saturated heterocycles. The van der Waals surface area contributed by atoms with Crippen molar-refractivity contribution in [3.63, 3.8) is 0 Å². The maximum atomic E-state index is 11.7. The van der Waals surface area contributed by atoms with Crippen molar-refractivity contribution < 1.29 is 13.5 Å². The van der Waals surface area contributed by atoms with Gasteiger partial charge in [-0.1, -0.05) is 0 Å². The summed E-state index contributed by atoms with van der Waals surface area (Å²) in [5.41, 5.74) is 0. The molecule has 1 unspecified atom stereocenters. The molecule has 0 aliphatic carbocycles. The minimum atomic E-state index is -2.25. The quantitative estimate of drug-likeness (QED) is 0.614. The van der Waals surface area contributed by atoms with E-state index in [1.54, 1.807) is 0 Å². The molecule has 0 aromatic rings. The number of nitrogens with one attached hydrogen (secondary N) is 2. The molecule has 1 fully saturated rings. The van der Waals surface area contributed by atoms with Crippen LogP contribution in [0.1, 0.15) is 6.42 Å². The Labute approximate surface area is 76.8 Å². The van der Waals surface area contributed by atoms with E-state index < -0.39 is 6.43 Å². The van der Waals surface area contributed by atoms with Gasteiger partial charge in [-0.3, -0.25) is 0 Å². The van der Waals surface area contributed by atoms with E-state index in [0.29, 0.717) is 19.2 Å². The predicted octanol–water partition coefficient (Wildman–Crippen LogP) is 0.220. The van der Waals surface area contributed by atoms with Crippen molar-refractivity contribution in [2.75, 3.05) is 32.8 Å². The number of morpholine rings is 1. The molecular weight excluding hydrogens is 178 g/mol. The second-order valence-corrected chi connectivity index (χ2v) is 3.11. The fraction of sp³-hybridized carbons (Fsp3) is 1.00. The number of halogens is 2. The summed E-state index contributed by atoms with van der Waals surface area (Å²) in [4.78, 5) is 0. The molecule has 2 N–H and O–H groups in total. The van der Waals surface area contributed by atoms with Crippen LogP contribution in [0.5, 0.6) is 0 Å². The van der Waals surface area contributed by atoms with Crippen LogP contribution in [0.4, 0.5) is 8.78 Å². The Bertz CT molecular complexity index is 129. The van der Waals surface area contributed by atoms with Gasteiger partial charge in [-0.15, -0.1) is 0 Å². The fourth-order valence-electron chi connectivity index (χ4n) is 1.29. The highest BCUT2D eigenvalue weighted by molar-refractivity contribution is 4.70. The Morgan fingerprint density at radius 3 is 3.00 bits per heavy atom. The Morgan fingerprint density at radius 1 is 1.54 bits per heavy atom. The molecule has 0 aromatic heterocycles. The molecule has 0 amide bonds. The molecule has 3 nitrogen and oxygen atoms in total. The van der Waals surface area contributed by atoms with Crippen LogP contribution in [0.15, 0.2) is 0 Å². The van der Waals surface area contributed by atoms with Crippen molar-refractivity contribution in [3.8, 4) is 0 Å². The van der Waals surface area contributed by atoms with Crippen molar-refractivity contribution in [1.29, 1.82) is 0 Å². The maximum Gasteiger partial charge on any atom is 0.250 e. The van der Waals surface area contributed by atoms with E-state index in [-0.39, 0.29) is 6.54 Å². The molecule has 78 valence electrons. The van der Waals surface area contributed by atoms with Gasteiger partial charge in [-0.2, -0.15) is 0 Å². The van der Waals surface area contributed by atoms with Gasteiger partial charge in [-0.25, -0.2) is 8.78 Å². The van der Waals surface area contributed by atoms with Crippen LogP contribution in [0.25, 0.3) is 0 Å². The van der Waals surface area contributed by atoms with Gasteiger partial charge >= 0.3 is 0 Å². The highest BCUT2D eigenvalue weighted by Gasteiger charge is 2.12. The van der Waals surface area contributed by atoms with E-state index in [1.807, 2.05) is 0 Å². The summed E-state index contributed by atoms with van der Waals surface area (Å²) in [6.07, 6.45) is -1.41. The van der Waals surface area contributed by atoms with Crippen molar-refractivity contribution >= 4 is 0 Å². The zero-order valence-corrected chi connectivity index (χ0v) is 7.56. The van der Waals surface area contributed by atoms with E-state index in [0.717, 1.165) is 19.6 Å². The molecule has 1 heterocycles. The standard InChI is InChI=1S/C8H16F2N2O/c9-8(10)5-11-2-1-7-6-13-4-3-12-7/h7-8,11-12H,1-6H2. The lowest BCUT2D eigenvalue weighted by Gasteiger charge is -2.23. The van der Waals surface area contributed by atoms with Gasteiger partial charge in [0.1, 0.15) is 0 Å². The zero-order chi connectivity index (χ0) is 9.52. The van der Waals surface area contributed by atoms with Gasteiger partial charge < -0.3 is 15.4 Å². The van der Waals surface area contributed by atoms with Crippen molar-refractivity contribution in [2.24, 2.45) is 0 Å². The summed E-state index contributed by atoms with van der Waals surface area (Å²) < 4.78 is 28.6. The number of rotatable bonds is 5. The first kappa shape index (κ1) is 10.8. The summed E-state index contributed by atoms with van der Waals surface area (Å²) in [6, 6.07) is 0.318. The first-order valence-electron chi connectivity index (χ1n) is 4.59. The lowest BCUT2D eigenvalue weighted by atomic mass is 10.2. The first-order chi connectivity index (χ1) is 6.29. The predicted molar refractivity (Wildman–Crippen MR) is 46.1 cm³/mol. The molecule has 1 aliphatic rings. The van der Waals surface area contributed by atoms with Crippen molar-refractivity contribution in [1.82, 2.24) is 10.6 Å². The molecule has 1 atom stereocenters. The normalized spacial score (nSPS) is 23.8. The second kappa shape index (κ2) is 6.23. The van der Waals surface area contributed by atoms with Crippen LogP contribution in [-0.2, 0) is 4.74 Å². The summed E-state index contributed by atoms with van der Waals surface area (Å²) in [6.45, 7) is 2.70. The minimum Gasteiger partial charge on any atom is -0.379 e. The number of hydrogen-bond acceptors (Lipinski definition) is 3. The van der Waals surface area contributed by atoms with E-state index in [2.05, 4.69) is 10.6 Å². The van der Waals surface area contributed by atoms with E-state index >= 15 is 0 Å². The Hall–Kier alpha value is -0.260. The van der Waals surface area contributed by atoms with Gasteiger partial charge in [0.25, 0.3) is 6.43 Å². The molecule has 1 aliphatic heterocycles. The third kappa shape index (κ3) is 5.13. The van der Waals surface area contributed by atoms with E-state index in [1.165, 1.54) is 0 Å². The first-order valence-corrected chi connectivity index (χ1v) is 4.59. The number of hydrogen-bond donors (Lipinski definition) is 2. The molecule has 5 heteroatoms. The van der Waals surface area contributed by atoms with Gasteiger partial charge in [0.15, 0.2) is 0 Å². The minimum absolute atomic E-state index is 0.215. The van der Waals surface area contributed by atoms with Gasteiger partial charge in [0.05, 0.1) is 19.8 Å². The van der Waals surface area contributed by atoms with Gasteiger partial charge in [-0.05, 0) is 13.0 Å². The average molecular weight is 194 g/mol. The van der Waals surface area contributed by atoms with Crippen molar-refractivity contribution in [2.45, 2.75) is 18.9 Å². The largest absolute Gasteiger partial charge is 0.379 e. The summed E-state index contributed by atoms with van der Waals surface area (Å²) in [7, 11) is 0. The topological polar surface area (TPSA) is 33.3 Å². The highest BCUT2D eigenvalue weighted by atomic mass is 19.3. The Morgan fingerprint density at radius 2 is 2.38 bits per heavy atom. The lowest BCUT2D eigenvalue weighted by molar-refractivity contribution is 0.0735. The summed E-state index contributed by atoms with van der Waals surface area (Å²) in [5.74, 6) is 0. The van der Waals surface area contributed by atoms with Crippen LogP contribution in [0.2, 0.25) is 0 Å². The van der Waals surface area contributed by atoms with E-state index in [4.69, 9.17) is 4.74 Å². The van der Waals surface area contributed by atoms with Crippen molar-refractivity contribution in [3.05, 3.63) is 0 Å². The molecule has 0 radical (unpaired) electrons. The van der Waals surface area contributed by atoms with Crippen LogP contribution in [-0.4, -0.2) is 45.3 Å². The Balaban J connectivity index is 1.92. The molecule has 1 rings (SSSR count). The monoisotopic (exact) mass is 194 g/mol. The summed E-state index contributed by atoms with van der Waals surface area (Å²) in [5, 5.41) is 5.94. The SMILES string of the molecule is FC(F)CNCCC1COCCN1. The van der Waals surface area contributed by atoms with Gasteiger partial charge in [0.2, 0.25) is 0 Å². The highest BCUT2D eigenvalue weighted by Crippen LogP contribution is 1.97. The zero-order valence-electron chi connectivity index (χ0n) is 7.56. The number of ether oxygens (including phenoxy) is 1. The fourth-order valence-corrected chi connectivity index (χ4v) is 1.29. The Kier molecular flexibility index (Phi) is 5.19. The smallest absolute Gasteiger partial charge is 0.250 e. The second-order valence-electron chi connectivity index (χ2n) is 3.11. The van der Waals surface area contributed by atoms with Gasteiger partial charge in [0, 0.05) is 12.6 Å². The number of alkyl halides is 2. The molecule has 0 aromatic carbocycles. The summed E-state index contributed by atoms with van der Waals surface area (Å²) >= 11 is 0. The molecular formula is C8H16F2N2O. The van der Waals surface area contributed by atoms with Crippen LogP contribution < -0.4 is 10.6 Å². The maximum absolute atomic E-state index is 11.7. The lowest BCUT2D eigenvalue weighted by Crippen LogP contribution is -2.43. The van der Waals surface area contributed by atoms with Crippen LogP contribution >= 0.6 is 0 Å². The molecule has 0 bridgehead atoms. The van der Waals surface area contributed by atoms with E-state index in [9.17, 15) is 8.78 Å². The molecule has 13 heavy (non-hydrogen) atoms. The third-order valence-corrected chi connectivity index (χ3v) is 1.97.